The van der Waals surface area contributed by atoms with Gasteiger partial charge in [0.05, 0.1) is 5.56 Å². The molecule has 0 spiro atoms. The van der Waals surface area contributed by atoms with Gasteiger partial charge in [-0.1, -0.05) is 6.92 Å². The highest BCUT2D eigenvalue weighted by Gasteiger charge is 2.25. The third kappa shape index (κ3) is 2.26. The van der Waals surface area contributed by atoms with Crippen molar-refractivity contribution < 1.29 is 0 Å². The van der Waals surface area contributed by atoms with Crippen molar-refractivity contribution in [1.82, 2.24) is 4.98 Å². The van der Waals surface area contributed by atoms with Gasteiger partial charge >= 0.3 is 0 Å². The largest absolute Gasteiger partial charge is 0.353 e. The lowest BCUT2D eigenvalue weighted by Crippen LogP contribution is -2.41. The van der Waals surface area contributed by atoms with Crippen LogP contribution in [0.3, 0.4) is 0 Å². The number of aryl methyl sites for hydroxylation is 1. The molecule has 0 amide bonds. The quantitative estimate of drug-likeness (QED) is 0.743. The second kappa shape index (κ2) is 4.75. The van der Waals surface area contributed by atoms with Crippen LogP contribution in [0.4, 0.5) is 5.82 Å². The number of pyridine rings is 1. The SMILES string of the molecule is Cc1ccnc(N2CCC(C)CC2C)c1C#N. The molecule has 1 saturated heterocycles. The third-order valence-electron chi connectivity index (χ3n) is 3.66. The summed E-state index contributed by atoms with van der Waals surface area (Å²) in [6.07, 6.45) is 4.17. The topological polar surface area (TPSA) is 39.9 Å². The van der Waals surface area contributed by atoms with Gasteiger partial charge in [-0.05, 0) is 44.2 Å². The first-order chi connectivity index (χ1) is 8.13. The van der Waals surface area contributed by atoms with Crippen molar-refractivity contribution in [3.63, 3.8) is 0 Å². The normalized spacial score (nSPS) is 24.5. The van der Waals surface area contributed by atoms with Crippen molar-refractivity contribution in [3.8, 4) is 6.07 Å². The Morgan fingerprint density at radius 1 is 1.47 bits per heavy atom. The summed E-state index contributed by atoms with van der Waals surface area (Å²) >= 11 is 0. The number of hydrogen-bond acceptors (Lipinski definition) is 3. The lowest BCUT2D eigenvalue weighted by atomic mass is 9.93. The predicted octanol–water partition coefficient (Wildman–Crippen LogP) is 2.89. The van der Waals surface area contributed by atoms with Crippen LogP contribution >= 0.6 is 0 Å². The van der Waals surface area contributed by atoms with E-state index in [2.05, 4.69) is 29.8 Å². The number of nitrogens with zero attached hydrogens (tertiary/aromatic N) is 3. The molecule has 1 fully saturated rings. The summed E-state index contributed by atoms with van der Waals surface area (Å²) in [5, 5.41) is 9.25. The number of nitriles is 1. The molecule has 0 radical (unpaired) electrons. The molecule has 90 valence electrons. The number of aromatic nitrogens is 1. The van der Waals surface area contributed by atoms with E-state index in [0.717, 1.165) is 29.4 Å². The Hall–Kier alpha value is -1.56. The van der Waals surface area contributed by atoms with Crippen molar-refractivity contribution in [2.24, 2.45) is 5.92 Å². The first-order valence-electron chi connectivity index (χ1n) is 6.25. The van der Waals surface area contributed by atoms with Gasteiger partial charge in [0.15, 0.2) is 0 Å². The molecule has 1 aromatic heterocycles. The summed E-state index contributed by atoms with van der Waals surface area (Å²) in [5.74, 6) is 1.64. The van der Waals surface area contributed by atoms with Gasteiger partial charge in [-0.3, -0.25) is 0 Å². The van der Waals surface area contributed by atoms with Crippen LogP contribution in [0, 0.1) is 24.2 Å². The van der Waals surface area contributed by atoms with Crippen LogP contribution in [0.5, 0.6) is 0 Å². The van der Waals surface area contributed by atoms with E-state index in [1.807, 2.05) is 13.0 Å². The molecule has 17 heavy (non-hydrogen) atoms. The molecule has 2 rings (SSSR count). The van der Waals surface area contributed by atoms with Gasteiger partial charge in [0, 0.05) is 18.8 Å². The van der Waals surface area contributed by atoms with E-state index in [4.69, 9.17) is 0 Å². The number of piperidine rings is 1. The summed E-state index contributed by atoms with van der Waals surface area (Å²) < 4.78 is 0. The Bertz CT molecular complexity index is 447. The Labute approximate surface area is 103 Å². The lowest BCUT2D eigenvalue weighted by molar-refractivity contribution is 0.376. The summed E-state index contributed by atoms with van der Waals surface area (Å²) in [4.78, 5) is 6.70. The van der Waals surface area contributed by atoms with E-state index in [1.165, 1.54) is 12.8 Å². The summed E-state index contributed by atoms with van der Waals surface area (Å²) in [7, 11) is 0. The molecule has 1 aromatic rings. The molecule has 0 bridgehead atoms. The fourth-order valence-electron chi connectivity index (χ4n) is 2.62. The second-order valence-electron chi connectivity index (χ2n) is 5.11. The number of rotatable bonds is 1. The Kier molecular flexibility index (Phi) is 3.33. The standard InChI is InChI=1S/C14H19N3/c1-10-5-7-17(12(3)8-10)14-13(9-15)11(2)4-6-16-14/h4,6,10,12H,5,7-8H2,1-3H3. The zero-order valence-electron chi connectivity index (χ0n) is 10.8. The van der Waals surface area contributed by atoms with Gasteiger partial charge in [-0.15, -0.1) is 0 Å². The maximum absolute atomic E-state index is 9.25. The zero-order valence-corrected chi connectivity index (χ0v) is 10.8. The maximum atomic E-state index is 9.25. The van der Waals surface area contributed by atoms with Crippen molar-refractivity contribution in [2.45, 2.75) is 39.7 Å². The maximum Gasteiger partial charge on any atom is 0.146 e. The van der Waals surface area contributed by atoms with Crippen LogP contribution < -0.4 is 4.90 Å². The molecule has 0 aliphatic carbocycles. The first-order valence-corrected chi connectivity index (χ1v) is 6.25. The number of anilines is 1. The van der Waals surface area contributed by atoms with Crippen molar-refractivity contribution in [2.75, 3.05) is 11.4 Å². The smallest absolute Gasteiger partial charge is 0.146 e. The fraction of sp³-hybridized carbons (Fsp3) is 0.571. The molecular formula is C14H19N3. The molecule has 0 saturated carbocycles. The monoisotopic (exact) mass is 229 g/mol. The Morgan fingerprint density at radius 2 is 2.24 bits per heavy atom. The van der Waals surface area contributed by atoms with Crippen LogP contribution in [-0.4, -0.2) is 17.6 Å². The molecular weight excluding hydrogens is 210 g/mol. The molecule has 3 heteroatoms. The van der Waals surface area contributed by atoms with Gasteiger partial charge < -0.3 is 4.90 Å². The van der Waals surface area contributed by atoms with E-state index >= 15 is 0 Å². The van der Waals surface area contributed by atoms with E-state index in [9.17, 15) is 5.26 Å². The molecule has 1 aliphatic rings. The summed E-state index contributed by atoms with van der Waals surface area (Å²) in [6.45, 7) is 7.50. The average molecular weight is 229 g/mol. The predicted molar refractivity (Wildman–Crippen MR) is 68.9 cm³/mol. The lowest BCUT2D eigenvalue weighted by Gasteiger charge is -2.37. The minimum Gasteiger partial charge on any atom is -0.353 e. The summed E-state index contributed by atoms with van der Waals surface area (Å²) in [6, 6.07) is 4.66. The Balaban J connectivity index is 2.35. The van der Waals surface area contributed by atoms with E-state index < -0.39 is 0 Å². The van der Waals surface area contributed by atoms with Gasteiger partial charge in [0.1, 0.15) is 11.9 Å². The minimum absolute atomic E-state index is 0.472. The van der Waals surface area contributed by atoms with Gasteiger partial charge in [-0.2, -0.15) is 5.26 Å². The van der Waals surface area contributed by atoms with Crippen LogP contribution in [0.15, 0.2) is 12.3 Å². The second-order valence-corrected chi connectivity index (χ2v) is 5.11. The van der Waals surface area contributed by atoms with Gasteiger partial charge in [0.25, 0.3) is 0 Å². The van der Waals surface area contributed by atoms with E-state index in [-0.39, 0.29) is 0 Å². The fourth-order valence-corrected chi connectivity index (χ4v) is 2.62. The third-order valence-corrected chi connectivity index (χ3v) is 3.66. The average Bonchev–Trinajstić information content (AvgIpc) is 2.29. The van der Waals surface area contributed by atoms with E-state index in [1.54, 1.807) is 6.20 Å². The van der Waals surface area contributed by atoms with E-state index in [0.29, 0.717) is 6.04 Å². The van der Waals surface area contributed by atoms with Crippen molar-refractivity contribution in [1.29, 1.82) is 5.26 Å². The van der Waals surface area contributed by atoms with Gasteiger partial charge in [0.2, 0.25) is 0 Å². The number of hydrogen-bond donors (Lipinski definition) is 0. The zero-order chi connectivity index (χ0) is 12.4. The Morgan fingerprint density at radius 3 is 2.88 bits per heavy atom. The molecule has 2 heterocycles. The molecule has 3 nitrogen and oxygen atoms in total. The van der Waals surface area contributed by atoms with Crippen molar-refractivity contribution in [3.05, 3.63) is 23.4 Å². The minimum atomic E-state index is 0.472. The van der Waals surface area contributed by atoms with Crippen LogP contribution in [-0.2, 0) is 0 Å². The molecule has 0 aromatic carbocycles. The first kappa shape index (κ1) is 11.9. The highest BCUT2D eigenvalue weighted by atomic mass is 15.2. The molecule has 2 unspecified atom stereocenters. The summed E-state index contributed by atoms with van der Waals surface area (Å²) in [5.41, 5.74) is 1.75. The van der Waals surface area contributed by atoms with Gasteiger partial charge in [-0.25, -0.2) is 4.98 Å². The van der Waals surface area contributed by atoms with Crippen LogP contribution in [0.25, 0.3) is 0 Å². The highest BCUT2D eigenvalue weighted by molar-refractivity contribution is 5.57. The van der Waals surface area contributed by atoms with Crippen LogP contribution in [0.2, 0.25) is 0 Å². The molecule has 2 atom stereocenters. The van der Waals surface area contributed by atoms with Crippen LogP contribution in [0.1, 0.15) is 37.8 Å². The highest BCUT2D eigenvalue weighted by Crippen LogP contribution is 2.29. The van der Waals surface area contributed by atoms with Crippen molar-refractivity contribution >= 4 is 5.82 Å². The molecule has 0 N–H and O–H groups in total. The molecule has 1 aliphatic heterocycles.